The second kappa shape index (κ2) is 5.76. The molecule has 0 spiro atoms. The summed E-state index contributed by atoms with van der Waals surface area (Å²) in [5.74, 6) is 0. The Labute approximate surface area is 114 Å². The van der Waals surface area contributed by atoms with Crippen LogP contribution < -0.4 is 5.73 Å². The fraction of sp³-hybridized carbons (Fsp3) is 0.750. The first-order valence-corrected chi connectivity index (χ1v) is 7.15. The summed E-state index contributed by atoms with van der Waals surface area (Å²) < 4.78 is 40.5. The second-order valence-electron chi connectivity index (χ2n) is 4.95. The summed E-state index contributed by atoms with van der Waals surface area (Å²) in [7, 11) is 0. The molecule has 1 aliphatic rings. The molecule has 1 aromatic rings. The van der Waals surface area contributed by atoms with Crippen molar-refractivity contribution in [3.05, 3.63) is 16.1 Å². The summed E-state index contributed by atoms with van der Waals surface area (Å²) >= 11 is 1.31. The Balaban J connectivity index is 1.91. The zero-order valence-electron chi connectivity index (χ0n) is 10.5. The molecule has 0 unspecified atom stereocenters. The van der Waals surface area contributed by atoms with E-state index < -0.39 is 18.3 Å². The van der Waals surface area contributed by atoms with E-state index in [1.165, 1.54) is 17.8 Å². The van der Waals surface area contributed by atoms with Gasteiger partial charge in [0.05, 0.1) is 17.8 Å². The molecule has 0 atom stereocenters. The summed E-state index contributed by atoms with van der Waals surface area (Å²) in [6.07, 6.45) is 0.824. The lowest BCUT2D eigenvalue weighted by atomic mass is 9.81. The third-order valence-electron chi connectivity index (χ3n) is 3.30. The van der Waals surface area contributed by atoms with Crippen LogP contribution in [0.15, 0.2) is 5.38 Å². The van der Waals surface area contributed by atoms with Crippen molar-refractivity contribution in [3.63, 3.8) is 0 Å². The number of thiazole rings is 1. The van der Waals surface area contributed by atoms with Gasteiger partial charge in [0.2, 0.25) is 0 Å². The van der Waals surface area contributed by atoms with Gasteiger partial charge in [-0.15, -0.1) is 11.3 Å². The minimum absolute atomic E-state index is 0.111. The van der Waals surface area contributed by atoms with Crippen LogP contribution in [0.3, 0.4) is 0 Å². The van der Waals surface area contributed by atoms with E-state index in [1.54, 1.807) is 0 Å². The van der Waals surface area contributed by atoms with Gasteiger partial charge in [0.1, 0.15) is 11.6 Å². The average molecular weight is 294 g/mol. The maximum absolute atomic E-state index is 12.0. The zero-order valence-corrected chi connectivity index (χ0v) is 11.3. The van der Waals surface area contributed by atoms with E-state index in [-0.39, 0.29) is 6.61 Å². The number of halogens is 3. The van der Waals surface area contributed by atoms with Crippen LogP contribution in [0.2, 0.25) is 0 Å². The summed E-state index contributed by atoms with van der Waals surface area (Å²) in [5.41, 5.74) is 6.70. The number of hydrogen-bond acceptors (Lipinski definition) is 4. The predicted octanol–water partition coefficient (Wildman–Crippen LogP) is 3.34. The molecule has 0 bridgehead atoms. The van der Waals surface area contributed by atoms with Gasteiger partial charge in [-0.05, 0) is 12.8 Å². The Hall–Kier alpha value is -0.660. The van der Waals surface area contributed by atoms with Gasteiger partial charge in [-0.1, -0.05) is 19.3 Å². The van der Waals surface area contributed by atoms with Crippen LogP contribution in [0.5, 0.6) is 0 Å². The van der Waals surface area contributed by atoms with Crippen molar-refractivity contribution in [1.29, 1.82) is 0 Å². The molecule has 7 heteroatoms. The van der Waals surface area contributed by atoms with Crippen molar-refractivity contribution >= 4 is 11.3 Å². The van der Waals surface area contributed by atoms with E-state index in [0.29, 0.717) is 5.01 Å². The Morgan fingerprint density at radius 2 is 2.00 bits per heavy atom. The normalized spacial score (nSPS) is 19.6. The first-order chi connectivity index (χ1) is 8.89. The van der Waals surface area contributed by atoms with Crippen LogP contribution in [0.25, 0.3) is 0 Å². The second-order valence-corrected chi connectivity index (χ2v) is 5.89. The van der Waals surface area contributed by atoms with Gasteiger partial charge in [0.25, 0.3) is 0 Å². The first kappa shape index (κ1) is 14.7. The molecule has 2 rings (SSSR count). The van der Waals surface area contributed by atoms with Crippen molar-refractivity contribution in [3.8, 4) is 0 Å². The lowest BCUT2D eigenvalue weighted by Gasteiger charge is -2.31. The van der Waals surface area contributed by atoms with Crippen LogP contribution in [0.1, 0.15) is 42.8 Å². The highest BCUT2D eigenvalue weighted by Crippen LogP contribution is 2.35. The van der Waals surface area contributed by atoms with Gasteiger partial charge in [0.15, 0.2) is 0 Å². The Morgan fingerprint density at radius 1 is 1.32 bits per heavy atom. The highest BCUT2D eigenvalue weighted by Gasteiger charge is 2.32. The van der Waals surface area contributed by atoms with Gasteiger partial charge in [-0.25, -0.2) is 4.98 Å². The van der Waals surface area contributed by atoms with Crippen LogP contribution in [-0.2, 0) is 16.9 Å². The summed E-state index contributed by atoms with van der Waals surface area (Å²) in [5, 5.41) is 2.40. The monoisotopic (exact) mass is 294 g/mol. The van der Waals surface area contributed by atoms with Crippen LogP contribution in [0, 0.1) is 0 Å². The molecule has 108 valence electrons. The van der Waals surface area contributed by atoms with Crippen molar-refractivity contribution in [2.24, 2.45) is 5.73 Å². The van der Waals surface area contributed by atoms with Crippen molar-refractivity contribution < 1.29 is 17.9 Å². The summed E-state index contributed by atoms with van der Waals surface area (Å²) in [6.45, 7) is -1.35. The van der Waals surface area contributed by atoms with Gasteiger partial charge in [0, 0.05) is 5.38 Å². The van der Waals surface area contributed by atoms with E-state index in [2.05, 4.69) is 9.72 Å². The third kappa shape index (κ3) is 4.15. The zero-order chi connectivity index (χ0) is 13.9. The van der Waals surface area contributed by atoms with E-state index in [4.69, 9.17) is 5.73 Å². The van der Waals surface area contributed by atoms with Crippen LogP contribution in [-0.4, -0.2) is 17.8 Å². The largest absolute Gasteiger partial charge is 0.411 e. The highest BCUT2D eigenvalue weighted by atomic mass is 32.1. The number of nitrogens with two attached hydrogens (primary N) is 1. The van der Waals surface area contributed by atoms with Gasteiger partial charge in [-0.3, -0.25) is 0 Å². The number of alkyl halides is 3. The fourth-order valence-corrected chi connectivity index (χ4v) is 3.14. The molecule has 1 fully saturated rings. The Bertz CT molecular complexity index is 413. The van der Waals surface area contributed by atoms with E-state index in [9.17, 15) is 13.2 Å². The van der Waals surface area contributed by atoms with E-state index in [1.807, 2.05) is 5.38 Å². The number of hydrogen-bond donors (Lipinski definition) is 1. The lowest BCUT2D eigenvalue weighted by molar-refractivity contribution is -0.176. The maximum atomic E-state index is 12.0. The minimum Gasteiger partial charge on any atom is -0.365 e. The number of aromatic nitrogens is 1. The van der Waals surface area contributed by atoms with Crippen molar-refractivity contribution in [2.45, 2.75) is 50.4 Å². The molecular weight excluding hydrogens is 277 g/mol. The molecule has 0 aromatic carbocycles. The van der Waals surface area contributed by atoms with E-state index in [0.717, 1.165) is 31.4 Å². The van der Waals surface area contributed by atoms with Crippen LogP contribution >= 0.6 is 11.3 Å². The highest BCUT2D eigenvalue weighted by molar-refractivity contribution is 7.09. The summed E-state index contributed by atoms with van der Waals surface area (Å²) in [4.78, 5) is 4.33. The molecule has 2 N–H and O–H groups in total. The predicted molar refractivity (Wildman–Crippen MR) is 66.8 cm³/mol. The third-order valence-corrected chi connectivity index (χ3v) is 4.12. The molecule has 3 nitrogen and oxygen atoms in total. The van der Waals surface area contributed by atoms with E-state index >= 15 is 0 Å². The Kier molecular flexibility index (Phi) is 4.47. The molecule has 1 heterocycles. The number of nitrogens with zero attached hydrogens (tertiary/aromatic N) is 1. The Morgan fingerprint density at radius 3 is 2.63 bits per heavy atom. The molecule has 0 radical (unpaired) electrons. The van der Waals surface area contributed by atoms with Gasteiger partial charge in [-0.2, -0.15) is 13.2 Å². The van der Waals surface area contributed by atoms with Crippen LogP contribution in [0.4, 0.5) is 13.2 Å². The topological polar surface area (TPSA) is 48.1 Å². The molecule has 0 amide bonds. The molecule has 0 saturated heterocycles. The fourth-order valence-electron chi connectivity index (χ4n) is 2.30. The standard InChI is InChI=1S/C12H17F3N2OS/c13-12(14,15)8-18-6-10-17-9(7-19-10)11(16)4-2-1-3-5-11/h7H,1-6,8,16H2. The van der Waals surface area contributed by atoms with Gasteiger partial charge >= 0.3 is 6.18 Å². The van der Waals surface area contributed by atoms with Crippen molar-refractivity contribution in [1.82, 2.24) is 4.98 Å². The minimum atomic E-state index is -4.29. The summed E-state index contributed by atoms with van der Waals surface area (Å²) in [6, 6.07) is 0. The van der Waals surface area contributed by atoms with Crippen molar-refractivity contribution in [2.75, 3.05) is 6.61 Å². The first-order valence-electron chi connectivity index (χ1n) is 6.27. The average Bonchev–Trinajstić information content (AvgIpc) is 2.78. The smallest absolute Gasteiger partial charge is 0.365 e. The molecule has 0 aliphatic heterocycles. The lowest BCUT2D eigenvalue weighted by Crippen LogP contribution is -2.38. The molecule has 1 aromatic heterocycles. The van der Waals surface area contributed by atoms with Gasteiger partial charge < -0.3 is 10.5 Å². The number of ether oxygens (including phenoxy) is 1. The molecule has 1 saturated carbocycles. The number of rotatable bonds is 4. The quantitative estimate of drug-likeness (QED) is 0.926. The molecule has 1 aliphatic carbocycles. The SMILES string of the molecule is NC1(c2csc(COCC(F)(F)F)n2)CCCCC1. The molecule has 19 heavy (non-hydrogen) atoms. The maximum Gasteiger partial charge on any atom is 0.411 e. The molecular formula is C12H17F3N2OS.